The number of hydrogen-bond donors (Lipinski definition) is 0. The topological polar surface area (TPSA) is 4.93 Å². The van der Waals surface area contributed by atoms with Crippen molar-refractivity contribution in [3.05, 3.63) is 83.7 Å². The van der Waals surface area contributed by atoms with Crippen molar-refractivity contribution < 1.29 is 8.78 Å². The highest BCUT2D eigenvalue weighted by atomic mass is 19.3. The second kappa shape index (κ2) is 6.24. The quantitative estimate of drug-likeness (QED) is 0.538. The summed E-state index contributed by atoms with van der Waals surface area (Å²) in [6, 6.07) is 16.1. The van der Waals surface area contributed by atoms with E-state index >= 15 is 0 Å². The minimum Gasteiger partial charge on any atom is -0.320 e. The molecule has 0 bridgehead atoms. The van der Waals surface area contributed by atoms with Crippen molar-refractivity contribution >= 4 is 6.08 Å². The molecule has 2 aromatic carbocycles. The highest BCUT2D eigenvalue weighted by molar-refractivity contribution is 5.74. The molecule has 1 aromatic heterocycles. The molecule has 132 valence electrons. The van der Waals surface area contributed by atoms with Crippen LogP contribution in [-0.4, -0.2) is 10.5 Å². The van der Waals surface area contributed by atoms with E-state index in [0.717, 1.165) is 31.0 Å². The molecule has 0 amide bonds. The van der Waals surface area contributed by atoms with E-state index in [0.29, 0.717) is 5.56 Å². The van der Waals surface area contributed by atoms with Crippen LogP contribution in [0.25, 0.3) is 22.9 Å². The van der Waals surface area contributed by atoms with E-state index in [2.05, 4.69) is 41.6 Å². The number of hydrogen-bond acceptors (Lipinski definition) is 0. The first-order valence-corrected chi connectivity index (χ1v) is 8.88. The van der Waals surface area contributed by atoms with E-state index in [1.165, 1.54) is 22.4 Å². The molecule has 1 aliphatic rings. The number of fused-ring (bicyclic) bond motifs is 3. The van der Waals surface area contributed by atoms with Crippen LogP contribution in [0.1, 0.15) is 29.3 Å². The van der Waals surface area contributed by atoms with Gasteiger partial charge in [-0.25, -0.2) is 8.78 Å². The molecular weight excluding hydrogens is 328 g/mol. The maximum Gasteiger partial charge on any atom is 0.249 e. The van der Waals surface area contributed by atoms with E-state index in [1.807, 2.05) is 18.2 Å². The number of halogens is 2. The summed E-state index contributed by atoms with van der Waals surface area (Å²) in [5, 5.41) is 0. The first-order valence-electron chi connectivity index (χ1n) is 8.88. The Labute approximate surface area is 152 Å². The van der Waals surface area contributed by atoms with Crippen LogP contribution in [0.3, 0.4) is 0 Å². The van der Waals surface area contributed by atoms with E-state index in [-0.39, 0.29) is 6.42 Å². The van der Waals surface area contributed by atoms with Crippen LogP contribution in [0.2, 0.25) is 0 Å². The van der Waals surface area contributed by atoms with Crippen LogP contribution < -0.4 is 0 Å². The Morgan fingerprint density at radius 3 is 2.50 bits per heavy atom. The predicted octanol–water partition coefficient (Wildman–Crippen LogP) is 6.08. The van der Waals surface area contributed by atoms with Crippen LogP contribution in [0, 0.1) is 0 Å². The molecule has 4 rings (SSSR count). The van der Waals surface area contributed by atoms with Crippen molar-refractivity contribution in [3.8, 4) is 16.8 Å². The Bertz CT molecular complexity index is 959. The summed E-state index contributed by atoms with van der Waals surface area (Å²) in [7, 11) is 0. The summed E-state index contributed by atoms with van der Waals surface area (Å²) < 4.78 is 28.6. The highest BCUT2D eigenvalue weighted by Crippen LogP contribution is 2.36. The van der Waals surface area contributed by atoms with Crippen LogP contribution >= 0.6 is 0 Å². The average molecular weight is 349 g/mol. The Balaban J connectivity index is 1.68. The van der Waals surface area contributed by atoms with E-state index in [4.69, 9.17) is 0 Å². The SMILES string of the molecule is C=Cc1ccc2c(c1)CCc1c-2ccn1-c1ccc(CC(C)(F)F)cc1. The third kappa shape index (κ3) is 3.10. The van der Waals surface area contributed by atoms with Crippen molar-refractivity contribution in [2.24, 2.45) is 0 Å². The third-order valence-electron chi connectivity index (χ3n) is 5.01. The molecule has 0 spiro atoms. The summed E-state index contributed by atoms with van der Waals surface area (Å²) in [6.07, 6.45) is 5.68. The van der Waals surface area contributed by atoms with Crippen LogP contribution in [0.4, 0.5) is 8.78 Å². The molecular formula is C23H21F2N. The molecule has 1 aliphatic carbocycles. The van der Waals surface area contributed by atoms with Crippen molar-refractivity contribution in [1.82, 2.24) is 4.57 Å². The molecule has 1 heterocycles. The van der Waals surface area contributed by atoms with Gasteiger partial charge in [-0.1, -0.05) is 43.0 Å². The molecule has 26 heavy (non-hydrogen) atoms. The zero-order chi connectivity index (χ0) is 18.3. The van der Waals surface area contributed by atoms with Gasteiger partial charge in [-0.15, -0.1) is 0 Å². The summed E-state index contributed by atoms with van der Waals surface area (Å²) in [6.45, 7) is 4.80. The molecule has 0 unspecified atom stereocenters. The van der Waals surface area contributed by atoms with Crippen molar-refractivity contribution in [2.45, 2.75) is 32.1 Å². The summed E-state index contributed by atoms with van der Waals surface area (Å²) >= 11 is 0. The molecule has 0 saturated carbocycles. The smallest absolute Gasteiger partial charge is 0.249 e. The average Bonchev–Trinajstić information content (AvgIpc) is 3.05. The zero-order valence-corrected chi connectivity index (χ0v) is 14.8. The van der Waals surface area contributed by atoms with E-state index < -0.39 is 5.92 Å². The fraction of sp³-hybridized carbons (Fsp3) is 0.217. The molecule has 1 nitrogen and oxygen atoms in total. The molecule has 0 atom stereocenters. The summed E-state index contributed by atoms with van der Waals surface area (Å²) in [5.41, 5.74) is 7.98. The predicted molar refractivity (Wildman–Crippen MR) is 103 cm³/mol. The first kappa shape index (κ1) is 16.8. The van der Waals surface area contributed by atoms with Gasteiger partial charge in [0.25, 0.3) is 0 Å². The van der Waals surface area contributed by atoms with Gasteiger partial charge in [0.05, 0.1) is 0 Å². The zero-order valence-electron chi connectivity index (χ0n) is 14.8. The van der Waals surface area contributed by atoms with Gasteiger partial charge >= 0.3 is 0 Å². The van der Waals surface area contributed by atoms with Crippen molar-refractivity contribution in [2.75, 3.05) is 0 Å². The highest BCUT2D eigenvalue weighted by Gasteiger charge is 2.22. The molecule has 0 saturated heterocycles. The second-order valence-electron chi connectivity index (χ2n) is 7.08. The lowest BCUT2D eigenvalue weighted by atomic mass is 9.88. The Hall–Kier alpha value is -2.68. The van der Waals surface area contributed by atoms with Gasteiger partial charge in [-0.05, 0) is 60.2 Å². The van der Waals surface area contributed by atoms with Gasteiger partial charge in [-0.2, -0.15) is 0 Å². The first-order chi connectivity index (χ1) is 12.4. The lowest BCUT2D eigenvalue weighted by molar-refractivity contribution is 0.0226. The van der Waals surface area contributed by atoms with E-state index in [9.17, 15) is 8.78 Å². The van der Waals surface area contributed by atoms with Crippen LogP contribution in [0.5, 0.6) is 0 Å². The number of alkyl halides is 2. The monoisotopic (exact) mass is 349 g/mol. The molecule has 0 radical (unpaired) electrons. The second-order valence-corrected chi connectivity index (χ2v) is 7.08. The van der Waals surface area contributed by atoms with E-state index in [1.54, 1.807) is 12.1 Å². The summed E-state index contributed by atoms with van der Waals surface area (Å²) in [4.78, 5) is 0. The number of benzene rings is 2. The van der Waals surface area contributed by atoms with Crippen molar-refractivity contribution in [3.63, 3.8) is 0 Å². The summed E-state index contributed by atoms with van der Waals surface area (Å²) in [5.74, 6) is -2.68. The largest absolute Gasteiger partial charge is 0.320 e. The van der Waals surface area contributed by atoms with Gasteiger partial charge < -0.3 is 4.57 Å². The fourth-order valence-electron chi connectivity index (χ4n) is 3.80. The van der Waals surface area contributed by atoms with Gasteiger partial charge in [0, 0.05) is 29.6 Å². The minimum atomic E-state index is -2.68. The Kier molecular flexibility index (Phi) is 4.03. The fourth-order valence-corrected chi connectivity index (χ4v) is 3.80. The Morgan fingerprint density at radius 2 is 1.81 bits per heavy atom. The molecule has 3 aromatic rings. The number of aromatic nitrogens is 1. The third-order valence-corrected chi connectivity index (χ3v) is 5.01. The normalized spacial score (nSPS) is 13.2. The number of aryl methyl sites for hydroxylation is 1. The lowest BCUT2D eigenvalue weighted by Crippen LogP contribution is -2.13. The van der Waals surface area contributed by atoms with Crippen LogP contribution in [0.15, 0.2) is 61.3 Å². The van der Waals surface area contributed by atoms with Gasteiger partial charge in [0.2, 0.25) is 5.92 Å². The minimum absolute atomic E-state index is 0.226. The maximum atomic E-state index is 13.2. The van der Waals surface area contributed by atoms with Gasteiger partial charge in [0.15, 0.2) is 0 Å². The molecule has 0 aliphatic heterocycles. The number of nitrogens with zero attached hydrogens (tertiary/aromatic N) is 1. The Morgan fingerprint density at radius 1 is 1.04 bits per heavy atom. The molecule has 0 N–H and O–H groups in total. The molecule has 3 heteroatoms. The standard InChI is InChI=1S/C23H21F2N/c1-3-16-6-10-20-18(14-16)7-11-22-21(20)12-13-26(22)19-8-4-17(5-9-19)15-23(2,24)25/h3-6,8-10,12-14H,1,7,11,15H2,2H3. The van der Waals surface area contributed by atoms with Gasteiger partial charge in [0.1, 0.15) is 0 Å². The molecule has 0 fully saturated rings. The maximum absolute atomic E-state index is 13.2. The number of rotatable bonds is 4. The lowest BCUT2D eigenvalue weighted by Gasteiger charge is -2.20. The van der Waals surface area contributed by atoms with Crippen LogP contribution in [-0.2, 0) is 19.3 Å². The van der Waals surface area contributed by atoms with Crippen molar-refractivity contribution in [1.29, 1.82) is 0 Å². The van der Waals surface area contributed by atoms with Gasteiger partial charge in [-0.3, -0.25) is 0 Å².